The summed E-state index contributed by atoms with van der Waals surface area (Å²) >= 11 is 0. The van der Waals surface area contributed by atoms with Crippen molar-refractivity contribution in [2.75, 3.05) is 6.61 Å². The number of benzene rings is 2. The normalized spacial score (nSPS) is 11.3. The Morgan fingerprint density at radius 2 is 1.57 bits per heavy atom. The molecule has 23 heavy (non-hydrogen) atoms. The Morgan fingerprint density at radius 1 is 0.913 bits per heavy atom. The SMILES string of the molecule is CCCCCCCCOS(=O)(=O)c1cccc2ccccc12.[H-].[Na+]. The van der Waals surface area contributed by atoms with Gasteiger partial charge in [-0.2, -0.15) is 8.42 Å². The molecule has 0 saturated carbocycles. The van der Waals surface area contributed by atoms with Gasteiger partial charge in [0.1, 0.15) is 4.90 Å². The van der Waals surface area contributed by atoms with Crippen LogP contribution in [0.15, 0.2) is 47.4 Å². The molecule has 2 rings (SSSR count). The molecule has 122 valence electrons. The van der Waals surface area contributed by atoms with Crippen LogP contribution in [0.25, 0.3) is 10.8 Å². The molecule has 0 aliphatic rings. The van der Waals surface area contributed by atoms with E-state index in [0.29, 0.717) is 5.39 Å². The van der Waals surface area contributed by atoms with Gasteiger partial charge in [-0.3, -0.25) is 4.18 Å². The third-order valence-electron chi connectivity index (χ3n) is 3.76. The standard InChI is InChI=1S/C18H24O3S.Na.H/c1-2-3-4-5-6-9-15-21-22(19,20)18-14-10-12-16-11-7-8-13-17(16)18;;/h7-8,10-14H,2-6,9,15H2,1H3;;/q;+1;-1. The van der Waals surface area contributed by atoms with Gasteiger partial charge in [0.05, 0.1) is 6.61 Å². The van der Waals surface area contributed by atoms with E-state index in [-0.39, 0.29) is 42.5 Å². The van der Waals surface area contributed by atoms with E-state index in [1.807, 2.05) is 30.3 Å². The predicted octanol–water partition coefficient (Wildman–Crippen LogP) is 2.02. The van der Waals surface area contributed by atoms with Gasteiger partial charge in [-0.1, -0.05) is 75.4 Å². The largest absolute Gasteiger partial charge is 1.00 e. The minimum atomic E-state index is -3.68. The number of hydrogen-bond donors (Lipinski definition) is 0. The van der Waals surface area contributed by atoms with E-state index < -0.39 is 10.1 Å². The second-order valence-electron chi connectivity index (χ2n) is 5.52. The fraction of sp³-hybridized carbons (Fsp3) is 0.444. The van der Waals surface area contributed by atoms with Crippen LogP contribution >= 0.6 is 0 Å². The molecule has 5 heteroatoms. The summed E-state index contributed by atoms with van der Waals surface area (Å²) in [6, 6.07) is 12.7. The van der Waals surface area contributed by atoms with Crippen LogP contribution in [-0.4, -0.2) is 15.0 Å². The van der Waals surface area contributed by atoms with Gasteiger partial charge in [-0.15, -0.1) is 0 Å². The number of unbranched alkanes of at least 4 members (excludes halogenated alkanes) is 5. The number of rotatable bonds is 9. The van der Waals surface area contributed by atoms with Crippen molar-refractivity contribution in [1.29, 1.82) is 0 Å². The van der Waals surface area contributed by atoms with E-state index in [9.17, 15) is 8.42 Å². The minimum Gasteiger partial charge on any atom is -1.00 e. The Kier molecular flexibility index (Phi) is 9.40. The summed E-state index contributed by atoms with van der Waals surface area (Å²) < 4.78 is 29.9. The summed E-state index contributed by atoms with van der Waals surface area (Å²) in [6.07, 6.45) is 6.62. The molecule has 0 heterocycles. The van der Waals surface area contributed by atoms with E-state index in [4.69, 9.17) is 4.18 Å². The van der Waals surface area contributed by atoms with Crippen LogP contribution < -0.4 is 29.6 Å². The molecular weight excluding hydrogens is 319 g/mol. The summed E-state index contributed by atoms with van der Waals surface area (Å²) in [6.45, 7) is 2.44. The van der Waals surface area contributed by atoms with Gasteiger partial charge in [0.25, 0.3) is 10.1 Å². The maximum Gasteiger partial charge on any atom is 1.00 e. The van der Waals surface area contributed by atoms with Crippen molar-refractivity contribution in [3.8, 4) is 0 Å². The van der Waals surface area contributed by atoms with Crippen LogP contribution in [0.3, 0.4) is 0 Å². The Morgan fingerprint density at radius 3 is 2.35 bits per heavy atom. The third-order valence-corrected chi connectivity index (χ3v) is 5.13. The summed E-state index contributed by atoms with van der Waals surface area (Å²) in [4.78, 5) is 0.261. The topological polar surface area (TPSA) is 43.4 Å². The fourth-order valence-corrected chi connectivity index (χ4v) is 3.69. The quantitative estimate of drug-likeness (QED) is 0.397. The average Bonchev–Trinajstić information content (AvgIpc) is 2.53. The van der Waals surface area contributed by atoms with Crippen molar-refractivity contribution in [2.45, 2.75) is 50.3 Å². The number of fused-ring (bicyclic) bond motifs is 1. The van der Waals surface area contributed by atoms with Crippen molar-refractivity contribution in [3.63, 3.8) is 0 Å². The van der Waals surface area contributed by atoms with Gasteiger partial charge in [0.2, 0.25) is 0 Å². The van der Waals surface area contributed by atoms with Gasteiger partial charge in [0.15, 0.2) is 0 Å². The molecule has 0 N–H and O–H groups in total. The molecule has 0 saturated heterocycles. The minimum absolute atomic E-state index is 0. The summed E-state index contributed by atoms with van der Waals surface area (Å²) in [5, 5.41) is 1.62. The van der Waals surface area contributed by atoms with Crippen LogP contribution in [0.1, 0.15) is 46.9 Å². The zero-order valence-corrected chi connectivity index (χ0v) is 16.9. The maximum absolute atomic E-state index is 12.4. The second kappa shape index (κ2) is 10.5. The van der Waals surface area contributed by atoms with Gasteiger partial charge >= 0.3 is 29.6 Å². The molecule has 0 aromatic heterocycles. The van der Waals surface area contributed by atoms with Crippen LogP contribution in [0.4, 0.5) is 0 Å². The number of hydrogen-bond acceptors (Lipinski definition) is 3. The van der Waals surface area contributed by atoms with Crippen molar-refractivity contribution < 1.29 is 43.6 Å². The molecule has 0 unspecified atom stereocenters. The maximum atomic E-state index is 12.4. The van der Waals surface area contributed by atoms with E-state index >= 15 is 0 Å². The third kappa shape index (κ3) is 6.20. The molecule has 0 aliphatic carbocycles. The van der Waals surface area contributed by atoms with Crippen LogP contribution in [0.5, 0.6) is 0 Å². The molecule has 0 aliphatic heterocycles. The van der Waals surface area contributed by atoms with Crippen molar-refractivity contribution in [1.82, 2.24) is 0 Å². The molecule has 0 spiro atoms. The van der Waals surface area contributed by atoms with Gasteiger partial charge in [-0.05, 0) is 17.9 Å². The van der Waals surface area contributed by atoms with Crippen molar-refractivity contribution in [3.05, 3.63) is 42.5 Å². The zero-order chi connectivity index (χ0) is 15.8. The smallest absolute Gasteiger partial charge is 1.00 e. The molecule has 2 aromatic carbocycles. The molecule has 0 fully saturated rings. The van der Waals surface area contributed by atoms with Crippen LogP contribution in [0.2, 0.25) is 0 Å². The first kappa shape index (κ1) is 20.7. The molecule has 0 bridgehead atoms. The zero-order valence-electron chi connectivity index (χ0n) is 15.1. The fourth-order valence-electron chi connectivity index (χ4n) is 2.53. The van der Waals surface area contributed by atoms with E-state index in [0.717, 1.165) is 24.6 Å². The summed E-state index contributed by atoms with van der Waals surface area (Å²) in [5.41, 5.74) is 0. The Balaban J connectivity index is 0.00000264. The second-order valence-corrected chi connectivity index (χ2v) is 7.10. The van der Waals surface area contributed by atoms with E-state index in [1.165, 1.54) is 19.3 Å². The summed E-state index contributed by atoms with van der Waals surface area (Å²) in [7, 11) is -3.68. The molecular formula is C18H25NaO3S. The van der Waals surface area contributed by atoms with Crippen molar-refractivity contribution >= 4 is 20.9 Å². The van der Waals surface area contributed by atoms with E-state index in [1.54, 1.807) is 12.1 Å². The van der Waals surface area contributed by atoms with E-state index in [2.05, 4.69) is 6.92 Å². The van der Waals surface area contributed by atoms with Gasteiger partial charge in [0, 0.05) is 5.39 Å². The molecule has 2 aromatic rings. The molecule has 0 radical (unpaired) electrons. The van der Waals surface area contributed by atoms with Gasteiger partial charge < -0.3 is 1.43 Å². The Bertz CT molecular complexity index is 699. The van der Waals surface area contributed by atoms with Crippen LogP contribution in [-0.2, 0) is 14.3 Å². The summed E-state index contributed by atoms with van der Waals surface area (Å²) in [5.74, 6) is 0. The molecule has 0 amide bonds. The first-order valence-corrected chi connectivity index (χ1v) is 9.43. The average molecular weight is 344 g/mol. The Hall–Kier alpha value is -0.390. The van der Waals surface area contributed by atoms with Crippen LogP contribution in [0, 0.1) is 0 Å². The molecule has 0 atom stereocenters. The first-order chi connectivity index (χ1) is 10.6. The van der Waals surface area contributed by atoms with Crippen molar-refractivity contribution in [2.24, 2.45) is 0 Å². The Labute approximate surface area is 163 Å². The van der Waals surface area contributed by atoms with Gasteiger partial charge in [-0.25, -0.2) is 0 Å². The predicted molar refractivity (Wildman–Crippen MR) is 91.6 cm³/mol. The monoisotopic (exact) mass is 344 g/mol. The molecule has 3 nitrogen and oxygen atoms in total. The first-order valence-electron chi connectivity index (χ1n) is 8.02.